The van der Waals surface area contributed by atoms with Crippen LogP contribution in [0.25, 0.3) is 0 Å². The van der Waals surface area contributed by atoms with Gasteiger partial charge in [-0.1, -0.05) is 28.1 Å². The summed E-state index contributed by atoms with van der Waals surface area (Å²) < 4.78 is 26.9. The Kier molecular flexibility index (Phi) is 4.84. The zero-order valence-electron chi connectivity index (χ0n) is 10.5. The van der Waals surface area contributed by atoms with Crippen molar-refractivity contribution in [3.8, 4) is 0 Å². The molecule has 5 heteroatoms. The molecule has 0 unspecified atom stereocenters. The summed E-state index contributed by atoms with van der Waals surface area (Å²) in [7, 11) is 0. The Balaban J connectivity index is 1.90. The third-order valence-corrected chi connectivity index (χ3v) is 3.28. The predicted molar refractivity (Wildman–Crippen MR) is 76.5 cm³/mol. The number of carbonyl (C=O) groups is 1. The van der Waals surface area contributed by atoms with Crippen molar-refractivity contribution in [1.29, 1.82) is 0 Å². The Morgan fingerprint density at radius 2 is 1.80 bits per heavy atom. The van der Waals surface area contributed by atoms with E-state index in [4.69, 9.17) is 0 Å². The van der Waals surface area contributed by atoms with Gasteiger partial charge in [0.1, 0.15) is 11.6 Å². The molecule has 0 aliphatic carbocycles. The normalized spacial score (nSPS) is 10.3. The molecular weight excluding hydrogens is 328 g/mol. The van der Waals surface area contributed by atoms with Crippen LogP contribution in [-0.4, -0.2) is 12.5 Å². The molecule has 1 N–H and O–H groups in total. The molecule has 0 atom stereocenters. The Morgan fingerprint density at radius 3 is 2.45 bits per heavy atom. The summed E-state index contributed by atoms with van der Waals surface area (Å²) in [5.41, 5.74) is 0.912. The molecule has 2 nitrogen and oxygen atoms in total. The lowest BCUT2D eigenvalue weighted by Crippen LogP contribution is -2.26. The van der Waals surface area contributed by atoms with Gasteiger partial charge in [-0.3, -0.25) is 4.79 Å². The first-order valence-electron chi connectivity index (χ1n) is 6.04. The molecule has 0 bridgehead atoms. The number of halogens is 3. The molecule has 0 saturated carbocycles. The molecular formula is C15H12BrF2NO. The number of carbonyl (C=O) groups excluding carboxylic acids is 1. The van der Waals surface area contributed by atoms with Crippen molar-refractivity contribution < 1.29 is 13.6 Å². The van der Waals surface area contributed by atoms with Crippen LogP contribution >= 0.6 is 15.9 Å². The second-order valence-corrected chi connectivity index (χ2v) is 5.17. The van der Waals surface area contributed by atoms with Crippen LogP contribution in [0.5, 0.6) is 0 Å². The second-order valence-electron chi connectivity index (χ2n) is 4.26. The van der Waals surface area contributed by atoms with Gasteiger partial charge in [-0.2, -0.15) is 0 Å². The van der Waals surface area contributed by atoms with Crippen molar-refractivity contribution in [1.82, 2.24) is 5.32 Å². The van der Waals surface area contributed by atoms with Gasteiger partial charge in [-0.15, -0.1) is 0 Å². The van der Waals surface area contributed by atoms with Gasteiger partial charge in [-0.05, 0) is 42.3 Å². The first kappa shape index (κ1) is 14.7. The molecule has 1 amide bonds. The van der Waals surface area contributed by atoms with E-state index < -0.39 is 11.7 Å². The first-order valence-corrected chi connectivity index (χ1v) is 6.83. The maximum Gasteiger partial charge on any atom is 0.254 e. The van der Waals surface area contributed by atoms with Gasteiger partial charge >= 0.3 is 0 Å². The van der Waals surface area contributed by atoms with E-state index in [0.29, 0.717) is 17.4 Å². The highest BCUT2D eigenvalue weighted by atomic mass is 79.9. The third-order valence-electron chi connectivity index (χ3n) is 2.79. The highest BCUT2D eigenvalue weighted by Crippen LogP contribution is 2.15. The highest BCUT2D eigenvalue weighted by molar-refractivity contribution is 9.10. The molecule has 2 rings (SSSR count). The fourth-order valence-electron chi connectivity index (χ4n) is 1.74. The van der Waals surface area contributed by atoms with Crippen LogP contribution in [0.4, 0.5) is 8.78 Å². The summed E-state index contributed by atoms with van der Waals surface area (Å²) in [5, 5.41) is 2.63. The van der Waals surface area contributed by atoms with Crippen LogP contribution in [0, 0.1) is 11.6 Å². The summed E-state index contributed by atoms with van der Waals surface area (Å²) in [6, 6.07) is 10.3. The fourth-order valence-corrected chi connectivity index (χ4v) is 2.07. The number of hydrogen-bond donors (Lipinski definition) is 1. The molecule has 2 aromatic rings. The van der Waals surface area contributed by atoms with E-state index in [0.717, 1.165) is 5.56 Å². The van der Waals surface area contributed by atoms with E-state index in [-0.39, 0.29) is 11.4 Å². The highest BCUT2D eigenvalue weighted by Gasteiger charge is 2.11. The van der Waals surface area contributed by atoms with Crippen LogP contribution in [0.15, 0.2) is 46.9 Å². The zero-order valence-corrected chi connectivity index (χ0v) is 12.1. The minimum absolute atomic E-state index is 0.00676. The molecule has 2 aromatic carbocycles. The predicted octanol–water partition coefficient (Wildman–Crippen LogP) is 3.70. The molecule has 0 saturated heterocycles. The van der Waals surface area contributed by atoms with Gasteiger partial charge in [0.2, 0.25) is 0 Å². The summed E-state index contributed by atoms with van der Waals surface area (Å²) in [6.45, 7) is 0.361. The summed E-state index contributed by atoms with van der Waals surface area (Å²) in [6.07, 6.45) is 0.560. The van der Waals surface area contributed by atoms with Gasteiger partial charge in [-0.25, -0.2) is 8.78 Å². The monoisotopic (exact) mass is 339 g/mol. The Hall–Kier alpha value is -1.75. The van der Waals surface area contributed by atoms with E-state index in [9.17, 15) is 13.6 Å². The third kappa shape index (κ3) is 3.87. The van der Waals surface area contributed by atoms with E-state index >= 15 is 0 Å². The maximum absolute atomic E-state index is 13.6. The van der Waals surface area contributed by atoms with Crippen molar-refractivity contribution in [3.63, 3.8) is 0 Å². The largest absolute Gasteiger partial charge is 0.352 e. The van der Waals surface area contributed by atoms with E-state index in [2.05, 4.69) is 21.2 Å². The molecule has 20 heavy (non-hydrogen) atoms. The Morgan fingerprint density at radius 1 is 1.10 bits per heavy atom. The molecule has 0 aliphatic rings. The van der Waals surface area contributed by atoms with Crippen molar-refractivity contribution in [2.75, 3.05) is 6.54 Å². The number of rotatable bonds is 4. The number of hydrogen-bond acceptors (Lipinski definition) is 1. The van der Waals surface area contributed by atoms with Crippen molar-refractivity contribution >= 4 is 21.8 Å². The van der Waals surface area contributed by atoms with Crippen molar-refractivity contribution in [3.05, 3.63) is 69.7 Å². The number of amides is 1. The lowest BCUT2D eigenvalue weighted by molar-refractivity contribution is 0.0950. The number of nitrogens with one attached hydrogen (secondary N) is 1. The van der Waals surface area contributed by atoms with Gasteiger partial charge in [0, 0.05) is 11.0 Å². The average Bonchev–Trinajstić information content (AvgIpc) is 2.41. The second kappa shape index (κ2) is 6.61. The van der Waals surface area contributed by atoms with Crippen molar-refractivity contribution in [2.24, 2.45) is 0 Å². The quantitative estimate of drug-likeness (QED) is 0.904. The summed E-state index contributed by atoms with van der Waals surface area (Å²) >= 11 is 3.13. The fraction of sp³-hybridized carbons (Fsp3) is 0.133. The van der Waals surface area contributed by atoms with Gasteiger partial charge in [0.05, 0.1) is 5.56 Å². The van der Waals surface area contributed by atoms with Crippen LogP contribution in [0.1, 0.15) is 15.9 Å². The Labute approximate surface area is 123 Å². The molecule has 0 radical (unpaired) electrons. The molecule has 0 spiro atoms. The first-order chi connectivity index (χ1) is 9.56. The number of benzene rings is 2. The van der Waals surface area contributed by atoms with E-state index in [1.54, 1.807) is 18.2 Å². The Bertz CT molecular complexity index is 614. The minimum Gasteiger partial charge on any atom is -0.352 e. The molecule has 104 valence electrons. The van der Waals surface area contributed by atoms with E-state index in [1.807, 2.05) is 0 Å². The topological polar surface area (TPSA) is 29.1 Å². The smallest absolute Gasteiger partial charge is 0.254 e. The van der Waals surface area contributed by atoms with Crippen LogP contribution in [0.2, 0.25) is 0 Å². The lowest BCUT2D eigenvalue weighted by Gasteiger charge is -2.06. The lowest BCUT2D eigenvalue weighted by atomic mass is 10.1. The molecule has 0 aliphatic heterocycles. The standard InChI is InChI=1S/C15H12BrF2NO/c16-11-3-6-13(14(18)9-11)15(20)19-8-7-10-1-4-12(17)5-2-10/h1-6,9H,7-8H2,(H,19,20). The zero-order chi connectivity index (χ0) is 14.5. The molecule has 0 fully saturated rings. The average molecular weight is 340 g/mol. The minimum atomic E-state index is -0.571. The van der Waals surface area contributed by atoms with Crippen molar-refractivity contribution in [2.45, 2.75) is 6.42 Å². The summed E-state index contributed by atoms with van der Waals surface area (Å²) in [4.78, 5) is 11.8. The van der Waals surface area contributed by atoms with Crippen LogP contribution < -0.4 is 5.32 Å². The van der Waals surface area contributed by atoms with Gasteiger partial charge < -0.3 is 5.32 Å². The van der Waals surface area contributed by atoms with Crippen LogP contribution in [-0.2, 0) is 6.42 Å². The molecule has 0 aromatic heterocycles. The SMILES string of the molecule is O=C(NCCc1ccc(F)cc1)c1ccc(Br)cc1F. The molecule has 0 heterocycles. The summed E-state index contributed by atoms with van der Waals surface area (Å²) in [5.74, 6) is -1.33. The van der Waals surface area contributed by atoms with Gasteiger partial charge in [0.25, 0.3) is 5.91 Å². The maximum atomic E-state index is 13.6. The van der Waals surface area contributed by atoms with Gasteiger partial charge in [0.15, 0.2) is 0 Å². The van der Waals surface area contributed by atoms with Crippen LogP contribution in [0.3, 0.4) is 0 Å². The van der Waals surface area contributed by atoms with E-state index in [1.165, 1.54) is 24.3 Å².